The molecule has 0 atom stereocenters. The fraction of sp³-hybridized carbons (Fsp3) is 0.417. The highest BCUT2D eigenvalue weighted by molar-refractivity contribution is 7.80. The van der Waals surface area contributed by atoms with E-state index in [1.807, 2.05) is 24.3 Å². The second-order valence-electron chi connectivity index (χ2n) is 3.55. The van der Waals surface area contributed by atoms with Gasteiger partial charge in [-0.15, -0.1) is 0 Å². The quantitative estimate of drug-likeness (QED) is 0.615. The van der Waals surface area contributed by atoms with Crippen LogP contribution in [0.4, 0.5) is 0 Å². The minimum Gasteiger partial charge on any atom is -0.385 e. The number of benzene rings is 1. The third kappa shape index (κ3) is 5.86. The summed E-state index contributed by atoms with van der Waals surface area (Å²) in [6, 6.07) is 7.71. The normalized spacial score (nSPS) is 10.0. The monoisotopic (exact) mass is 272 g/mol. The molecule has 2 N–H and O–H groups in total. The number of rotatable bonds is 6. The molecule has 0 radical (unpaired) electrons. The fourth-order valence-corrected chi connectivity index (χ4v) is 1.67. The summed E-state index contributed by atoms with van der Waals surface area (Å²) in [6.07, 6.45) is 0.935. The maximum atomic E-state index is 6.03. The Morgan fingerprint density at radius 3 is 2.82 bits per heavy atom. The lowest BCUT2D eigenvalue weighted by Crippen LogP contribution is -2.35. The van der Waals surface area contributed by atoms with E-state index < -0.39 is 0 Å². The van der Waals surface area contributed by atoms with Gasteiger partial charge in [-0.05, 0) is 30.3 Å². The Bertz CT molecular complexity index is 360. The number of halogens is 1. The van der Waals surface area contributed by atoms with Gasteiger partial charge in [-0.1, -0.05) is 29.8 Å². The van der Waals surface area contributed by atoms with E-state index in [0.717, 1.165) is 30.2 Å². The number of nitrogens with one attached hydrogen (secondary N) is 2. The molecular weight excluding hydrogens is 256 g/mol. The van der Waals surface area contributed by atoms with Gasteiger partial charge in [0, 0.05) is 31.8 Å². The summed E-state index contributed by atoms with van der Waals surface area (Å²) in [5.74, 6) is 0. The van der Waals surface area contributed by atoms with Crippen LogP contribution in [0.15, 0.2) is 24.3 Å². The molecule has 94 valence electrons. The smallest absolute Gasteiger partial charge is 0.166 e. The lowest BCUT2D eigenvalue weighted by molar-refractivity contribution is 0.195. The van der Waals surface area contributed by atoms with Crippen molar-refractivity contribution in [3.63, 3.8) is 0 Å². The molecule has 0 unspecified atom stereocenters. The molecule has 0 amide bonds. The number of ether oxygens (including phenoxy) is 1. The van der Waals surface area contributed by atoms with E-state index in [9.17, 15) is 0 Å². The van der Waals surface area contributed by atoms with Gasteiger partial charge < -0.3 is 15.4 Å². The van der Waals surface area contributed by atoms with Gasteiger partial charge in [0.05, 0.1) is 0 Å². The Labute approximate surface area is 112 Å². The molecule has 0 saturated heterocycles. The SMILES string of the molecule is COCCCNC(=S)NCc1ccccc1Cl. The van der Waals surface area contributed by atoms with E-state index in [1.165, 1.54) is 0 Å². The van der Waals surface area contributed by atoms with E-state index in [-0.39, 0.29) is 0 Å². The van der Waals surface area contributed by atoms with Gasteiger partial charge in [0.1, 0.15) is 0 Å². The zero-order valence-electron chi connectivity index (χ0n) is 9.83. The molecule has 0 bridgehead atoms. The first kappa shape index (κ1) is 14.2. The highest BCUT2D eigenvalue weighted by Crippen LogP contribution is 2.13. The Morgan fingerprint density at radius 1 is 1.35 bits per heavy atom. The first-order valence-electron chi connectivity index (χ1n) is 5.48. The van der Waals surface area contributed by atoms with Gasteiger partial charge in [0.2, 0.25) is 0 Å². The molecule has 1 aromatic rings. The van der Waals surface area contributed by atoms with Crippen molar-refractivity contribution in [3.8, 4) is 0 Å². The van der Waals surface area contributed by atoms with Crippen molar-refractivity contribution in [1.29, 1.82) is 0 Å². The molecule has 0 heterocycles. The number of hydrogen-bond donors (Lipinski definition) is 2. The molecule has 0 saturated carbocycles. The minimum atomic E-state index is 0.635. The molecule has 1 rings (SSSR count). The van der Waals surface area contributed by atoms with Crippen molar-refractivity contribution in [1.82, 2.24) is 10.6 Å². The molecule has 0 fully saturated rings. The summed E-state index contributed by atoms with van der Waals surface area (Å²) in [4.78, 5) is 0. The van der Waals surface area contributed by atoms with Crippen molar-refractivity contribution in [2.24, 2.45) is 0 Å². The van der Waals surface area contributed by atoms with Crippen LogP contribution in [0.25, 0.3) is 0 Å². The molecule has 17 heavy (non-hydrogen) atoms. The maximum Gasteiger partial charge on any atom is 0.166 e. The van der Waals surface area contributed by atoms with Crippen LogP contribution in [0.1, 0.15) is 12.0 Å². The van der Waals surface area contributed by atoms with Crippen molar-refractivity contribution < 1.29 is 4.74 Å². The van der Waals surface area contributed by atoms with Gasteiger partial charge >= 0.3 is 0 Å². The molecule has 3 nitrogen and oxygen atoms in total. The molecule has 0 aromatic heterocycles. The number of methoxy groups -OCH3 is 1. The van der Waals surface area contributed by atoms with Gasteiger partial charge in [-0.3, -0.25) is 0 Å². The highest BCUT2D eigenvalue weighted by Gasteiger charge is 1.99. The van der Waals surface area contributed by atoms with Gasteiger partial charge in [-0.2, -0.15) is 0 Å². The summed E-state index contributed by atoms with van der Waals surface area (Å²) in [5, 5.41) is 7.61. The van der Waals surface area contributed by atoms with Crippen LogP contribution in [0.3, 0.4) is 0 Å². The molecule has 0 spiro atoms. The lowest BCUT2D eigenvalue weighted by Gasteiger charge is -2.11. The largest absolute Gasteiger partial charge is 0.385 e. The predicted octanol–water partition coefficient (Wildman–Crippen LogP) is 2.34. The van der Waals surface area contributed by atoms with E-state index in [0.29, 0.717) is 11.7 Å². The molecular formula is C12H17ClN2OS. The number of thiocarbonyl (C=S) groups is 1. The Balaban J connectivity index is 2.22. The summed E-state index contributed by atoms with van der Waals surface area (Å²) >= 11 is 11.2. The van der Waals surface area contributed by atoms with Crippen molar-refractivity contribution in [2.75, 3.05) is 20.3 Å². The Hall–Kier alpha value is -0.840. The van der Waals surface area contributed by atoms with Crippen LogP contribution in [0.5, 0.6) is 0 Å². The fourth-order valence-electron chi connectivity index (χ4n) is 1.30. The van der Waals surface area contributed by atoms with Gasteiger partial charge in [0.15, 0.2) is 5.11 Å². The topological polar surface area (TPSA) is 33.3 Å². The molecule has 1 aromatic carbocycles. The second-order valence-corrected chi connectivity index (χ2v) is 4.36. The summed E-state index contributed by atoms with van der Waals surface area (Å²) in [6.45, 7) is 2.18. The van der Waals surface area contributed by atoms with Crippen molar-refractivity contribution >= 4 is 28.9 Å². The van der Waals surface area contributed by atoms with Crippen LogP contribution in [-0.4, -0.2) is 25.4 Å². The third-order valence-electron chi connectivity index (χ3n) is 2.21. The average molecular weight is 273 g/mol. The Morgan fingerprint density at radius 2 is 2.12 bits per heavy atom. The van der Waals surface area contributed by atoms with Crippen molar-refractivity contribution in [2.45, 2.75) is 13.0 Å². The van der Waals surface area contributed by atoms with E-state index in [4.69, 9.17) is 28.6 Å². The lowest BCUT2D eigenvalue weighted by atomic mass is 10.2. The first-order valence-corrected chi connectivity index (χ1v) is 6.26. The highest BCUT2D eigenvalue weighted by atomic mass is 35.5. The van der Waals surface area contributed by atoms with Crippen LogP contribution in [0, 0.1) is 0 Å². The van der Waals surface area contributed by atoms with E-state index in [1.54, 1.807) is 7.11 Å². The minimum absolute atomic E-state index is 0.635. The summed E-state index contributed by atoms with van der Waals surface area (Å²) < 4.78 is 4.95. The molecule has 5 heteroatoms. The van der Waals surface area contributed by atoms with E-state index in [2.05, 4.69) is 10.6 Å². The van der Waals surface area contributed by atoms with Crippen LogP contribution in [-0.2, 0) is 11.3 Å². The number of hydrogen-bond acceptors (Lipinski definition) is 2. The van der Waals surface area contributed by atoms with Gasteiger partial charge in [0.25, 0.3) is 0 Å². The molecule has 0 aliphatic heterocycles. The molecule has 0 aliphatic rings. The second kappa shape index (κ2) is 8.28. The molecule has 0 aliphatic carbocycles. The Kier molecular flexibility index (Phi) is 6.93. The standard InChI is InChI=1S/C12H17ClN2OS/c1-16-8-4-7-14-12(17)15-9-10-5-2-3-6-11(10)13/h2-3,5-6H,4,7-9H2,1H3,(H2,14,15,17). The average Bonchev–Trinajstić information content (AvgIpc) is 2.34. The van der Waals surface area contributed by atoms with E-state index >= 15 is 0 Å². The van der Waals surface area contributed by atoms with Crippen LogP contribution in [0.2, 0.25) is 5.02 Å². The maximum absolute atomic E-state index is 6.03. The zero-order chi connectivity index (χ0) is 12.5. The van der Waals surface area contributed by atoms with Gasteiger partial charge in [-0.25, -0.2) is 0 Å². The predicted molar refractivity (Wildman–Crippen MR) is 75.4 cm³/mol. The van der Waals surface area contributed by atoms with Crippen molar-refractivity contribution in [3.05, 3.63) is 34.9 Å². The first-order chi connectivity index (χ1) is 8.24. The summed E-state index contributed by atoms with van der Waals surface area (Å²) in [5.41, 5.74) is 1.04. The zero-order valence-corrected chi connectivity index (χ0v) is 11.4. The third-order valence-corrected chi connectivity index (χ3v) is 2.87. The summed E-state index contributed by atoms with van der Waals surface area (Å²) in [7, 11) is 1.69. The van der Waals surface area contributed by atoms with Crippen LogP contribution >= 0.6 is 23.8 Å². The van der Waals surface area contributed by atoms with Crippen LogP contribution < -0.4 is 10.6 Å².